The predicted octanol–water partition coefficient (Wildman–Crippen LogP) is 3.18. The second-order valence-electron chi connectivity index (χ2n) is 4.88. The number of nitrogens with one attached hydrogen (secondary N) is 2. The SMILES string of the molecule is O=C(NNC(=O)c1ccc(COc2ccccc2)o1)c1ccc(Cl)o1. The molecule has 0 unspecified atom stereocenters. The monoisotopic (exact) mass is 360 g/mol. The highest BCUT2D eigenvalue weighted by Gasteiger charge is 2.15. The fourth-order valence-electron chi connectivity index (χ4n) is 1.92. The molecule has 25 heavy (non-hydrogen) atoms. The van der Waals surface area contributed by atoms with Crippen LogP contribution >= 0.6 is 11.6 Å². The molecule has 0 fully saturated rings. The van der Waals surface area contributed by atoms with Crippen LogP contribution in [-0.4, -0.2) is 11.8 Å². The third-order valence-electron chi connectivity index (χ3n) is 3.10. The smallest absolute Gasteiger partial charge is 0.305 e. The van der Waals surface area contributed by atoms with Crippen molar-refractivity contribution in [1.29, 1.82) is 0 Å². The molecule has 2 N–H and O–H groups in total. The first-order chi connectivity index (χ1) is 12.1. The first-order valence-electron chi connectivity index (χ1n) is 7.24. The lowest BCUT2D eigenvalue weighted by Gasteiger charge is -2.04. The second kappa shape index (κ2) is 7.59. The standard InChI is InChI=1S/C17H13ClN2O5/c18-15-9-8-14(25-15)17(22)20-19-16(21)13-7-6-12(24-13)10-23-11-4-2-1-3-5-11/h1-9H,10H2,(H,19,21)(H,20,22). The lowest BCUT2D eigenvalue weighted by atomic mass is 10.3. The molecule has 0 saturated heterocycles. The van der Waals surface area contributed by atoms with Crippen LogP contribution in [0.2, 0.25) is 5.22 Å². The van der Waals surface area contributed by atoms with Gasteiger partial charge in [0.15, 0.2) is 16.7 Å². The van der Waals surface area contributed by atoms with Gasteiger partial charge in [-0.2, -0.15) is 0 Å². The van der Waals surface area contributed by atoms with Gasteiger partial charge in [0.2, 0.25) is 0 Å². The normalized spacial score (nSPS) is 10.3. The molecule has 0 spiro atoms. The molecule has 7 nitrogen and oxygen atoms in total. The molecular weight excluding hydrogens is 348 g/mol. The summed E-state index contributed by atoms with van der Waals surface area (Å²) in [6.07, 6.45) is 0. The lowest BCUT2D eigenvalue weighted by Crippen LogP contribution is -2.41. The number of halogens is 1. The molecule has 0 aliphatic heterocycles. The summed E-state index contributed by atoms with van der Waals surface area (Å²) < 4.78 is 15.8. The van der Waals surface area contributed by atoms with Crippen molar-refractivity contribution in [3.63, 3.8) is 0 Å². The summed E-state index contributed by atoms with van der Waals surface area (Å²) in [5, 5.41) is 0.0746. The second-order valence-corrected chi connectivity index (χ2v) is 5.25. The average Bonchev–Trinajstić information content (AvgIpc) is 3.27. The Balaban J connectivity index is 1.51. The van der Waals surface area contributed by atoms with Gasteiger partial charge in [-0.15, -0.1) is 0 Å². The number of amides is 2. The molecule has 2 aromatic heterocycles. The molecule has 3 rings (SSSR count). The van der Waals surface area contributed by atoms with E-state index in [0.29, 0.717) is 11.5 Å². The highest BCUT2D eigenvalue weighted by molar-refractivity contribution is 6.29. The van der Waals surface area contributed by atoms with E-state index in [2.05, 4.69) is 10.9 Å². The van der Waals surface area contributed by atoms with Gasteiger partial charge in [-0.25, -0.2) is 0 Å². The van der Waals surface area contributed by atoms with Gasteiger partial charge in [0.1, 0.15) is 18.1 Å². The zero-order valence-corrected chi connectivity index (χ0v) is 13.6. The highest BCUT2D eigenvalue weighted by Crippen LogP contribution is 2.14. The van der Waals surface area contributed by atoms with Gasteiger partial charge in [-0.3, -0.25) is 20.4 Å². The van der Waals surface area contributed by atoms with Gasteiger partial charge < -0.3 is 13.6 Å². The van der Waals surface area contributed by atoms with Gasteiger partial charge in [-0.1, -0.05) is 18.2 Å². The average molecular weight is 361 g/mol. The van der Waals surface area contributed by atoms with E-state index in [1.165, 1.54) is 18.2 Å². The molecule has 2 heterocycles. The number of carbonyl (C=O) groups is 2. The van der Waals surface area contributed by atoms with E-state index < -0.39 is 11.8 Å². The first kappa shape index (κ1) is 16.7. The van der Waals surface area contributed by atoms with Gasteiger partial charge in [0, 0.05) is 0 Å². The van der Waals surface area contributed by atoms with E-state index in [-0.39, 0.29) is 23.3 Å². The topological polar surface area (TPSA) is 93.7 Å². The van der Waals surface area contributed by atoms with Crippen LogP contribution < -0.4 is 15.6 Å². The number of furan rings is 2. The molecule has 8 heteroatoms. The fourth-order valence-corrected chi connectivity index (χ4v) is 2.07. The Morgan fingerprint density at radius 1 is 0.880 bits per heavy atom. The Morgan fingerprint density at radius 2 is 1.52 bits per heavy atom. The van der Waals surface area contributed by atoms with Gasteiger partial charge in [0.05, 0.1) is 0 Å². The number of hydrogen-bond donors (Lipinski definition) is 2. The molecule has 1 aromatic carbocycles. The minimum Gasteiger partial charge on any atom is -0.486 e. The van der Waals surface area contributed by atoms with Crippen LogP contribution in [0.1, 0.15) is 26.9 Å². The lowest BCUT2D eigenvalue weighted by molar-refractivity contribution is 0.0815. The summed E-state index contributed by atoms with van der Waals surface area (Å²) >= 11 is 5.58. The van der Waals surface area contributed by atoms with Crippen molar-refractivity contribution in [3.05, 3.63) is 77.1 Å². The Labute approximate surface area is 147 Å². The molecule has 0 bridgehead atoms. The van der Waals surface area contributed by atoms with Crippen LogP contribution in [0.3, 0.4) is 0 Å². The zero-order chi connectivity index (χ0) is 17.6. The minimum atomic E-state index is -0.639. The molecule has 0 aliphatic rings. The molecule has 0 aliphatic carbocycles. The summed E-state index contributed by atoms with van der Waals surface area (Å²) in [7, 11) is 0. The maximum absolute atomic E-state index is 12.0. The predicted molar refractivity (Wildman–Crippen MR) is 88.1 cm³/mol. The molecule has 0 saturated carbocycles. The highest BCUT2D eigenvalue weighted by atomic mass is 35.5. The molecule has 0 atom stereocenters. The number of benzene rings is 1. The van der Waals surface area contributed by atoms with E-state index in [0.717, 1.165) is 0 Å². The Kier molecular flexibility index (Phi) is 5.06. The molecule has 0 radical (unpaired) electrons. The van der Waals surface area contributed by atoms with Gasteiger partial charge in [0.25, 0.3) is 0 Å². The van der Waals surface area contributed by atoms with E-state index in [1.807, 2.05) is 30.3 Å². The maximum atomic E-state index is 12.0. The zero-order valence-electron chi connectivity index (χ0n) is 12.8. The Hall–Kier alpha value is -3.19. The van der Waals surface area contributed by atoms with Crippen LogP contribution in [-0.2, 0) is 6.61 Å². The van der Waals surface area contributed by atoms with Crippen molar-refractivity contribution < 1.29 is 23.2 Å². The summed E-state index contributed by atoms with van der Waals surface area (Å²) in [5.74, 6) is -0.0880. The number of carbonyl (C=O) groups excluding carboxylic acids is 2. The third-order valence-corrected chi connectivity index (χ3v) is 3.30. The van der Waals surface area contributed by atoms with E-state index >= 15 is 0 Å². The minimum absolute atomic E-state index is 0.0262. The first-order valence-corrected chi connectivity index (χ1v) is 7.62. The maximum Gasteiger partial charge on any atom is 0.305 e. The van der Waals surface area contributed by atoms with E-state index in [9.17, 15) is 9.59 Å². The number of rotatable bonds is 5. The Bertz CT molecular complexity index is 872. The van der Waals surface area contributed by atoms with E-state index in [4.69, 9.17) is 25.2 Å². The van der Waals surface area contributed by atoms with Crippen molar-refractivity contribution in [2.45, 2.75) is 6.61 Å². The number of hydrogen-bond acceptors (Lipinski definition) is 5. The van der Waals surface area contributed by atoms with Crippen LogP contribution in [0.5, 0.6) is 5.75 Å². The van der Waals surface area contributed by atoms with Crippen molar-refractivity contribution >= 4 is 23.4 Å². The van der Waals surface area contributed by atoms with Crippen molar-refractivity contribution in [2.75, 3.05) is 0 Å². The number of ether oxygens (including phenoxy) is 1. The Morgan fingerprint density at radius 3 is 2.16 bits per heavy atom. The van der Waals surface area contributed by atoms with Gasteiger partial charge >= 0.3 is 11.8 Å². The van der Waals surface area contributed by atoms with Crippen LogP contribution in [0.15, 0.2) is 63.4 Å². The number of hydrazine groups is 1. The largest absolute Gasteiger partial charge is 0.486 e. The number of para-hydroxylation sites is 1. The van der Waals surface area contributed by atoms with Crippen molar-refractivity contribution in [1.82, 2.24) is 10.9 Å². The molecule has 3 aromatic rings. The fraction of sp³-hybridized carbons (Fsp3) is 0.0588. The molecule has 2 amide bonds. The van der Waals surface area contributed by atoms with Crippen LogP contribution in [0.25, 0.3) is 0 Å². The van der Waals surface area contributed by atoms with Crippen molar-refractivity contribution in [3.8, 4) is 5.75 Å². The quantitative estimate of drug-likeness (QED) is 0.681. The summed E-state index contributed by atoms with van der Waals surface area (Å²) in [6, 6.07) is 15.1. The molecule has 128 valence electrons. The summed E-state index contributed by atoms with van der Waals surface area (Å²) in [5.41, 5.74) is 4.41. The van der Waals surface area contributed by atoms with Crippen molar-refractivity contribution in [2.24, 2.45) is 0 Å². The summed E-state index contributed by atoms with van der Waals surface area (Å²) in [6.45, 7) is 0.175. The summed E-state index contributed by atoms with van der Waals surface area (Å²) in [4.78, 5) is 23.7. The van der Waals surface area contributed by atoms with Crippen LogP contribution in [0.4, 0.5) is 0 Å². The third kappa shape index (κ3) is 4.42. The van der Waals surface area contributed by atoms with E-state index in [1.54, 1.807) is 6.07 Å². The van der Waals surface area contributed by atoms with Crippen LogP contribution in [0, 0.1) is 0 Å². The molecular formula is C17H13ClN2O5. The van der Waals surface area contributed by atoms with Gasteiger partial charge in [-0.05, 0) is 48.0 Å².